The zero-order chi connectivity index (χ0) is 12.3. The molecule has 0 fully saturated rings. The van der Waals surface area contributed by atoms with E-state index in [9.17, 15) is 5.26 Å². The highest BCUT2D eigenvalue weighted by molar-refractivity contribution is 7.13. The van der Waals surface area contributed by atoms with Crippen LogP contribution in [0.5, 0.6) is 0 Å². The molecule has 2 heterocycles. The van der Waals surface area contributed by atoms with Crippen molar-refractivity contribution in [3.8, 4) is 6.07 Å². The third-order valence-electron chi connectivity index (χ3n) is 2.36. The molecule has 0 atom stereocenters. The van der Waals surface area contributed by atoms with E-state index in [1.165, 1.54) is 4.88 Å². The average molecular weight is 241 g/mol. The molecule has 0 saturated carbocycles. The van der Waals surface area contributed by atoms with Crippen LogP contribution >= 0.6 is 11.3 Å². The van der Waals surface area contributed by atoms with Crippen molar-refractivity contribution in [1.29, 1.82) is 5.26 Å². The highest BCUT2D eigenvalue weighted by atomic mass is 32.1. The number of hydrogen-bond donors (Lipinski definition) is 1. The molecule has 84 valence electrons. The zero-order valence-electron chi connectivity index (χ0n) is 9.34. The number of aromatic nitrogens is 1. The van der Waals surface area contributed by atoms with Gasteiger partial charge in [-0.05, 0) is 36.8 Å². The van der Waals surface area contributed by atoms with Gasteiger partial charge in [0.25, 0.3) is 0 Å². The van der Waals surface area contributed by atoms with Gasteiger partial charge in [-0.2, -0.15) is 5.26 Å². The predicted octanol–water partition coefficient (Wildman–Crippen LogP) is 2.80. The van der Waals surface area contributed by atoms with Crippen molar-refractivity contribution in [2.24, 2.45) is 5.73 Å². The van der Waals surface area contributed by atoms with Gasteiger partial charge in [0.2, 0.25) is 0 Å². The molecular formula is C13H11N3S. The summed E-state index contributed by atoms with van der Waals surface area (Å²) in [5.41, 5.74) is 7.86. The predicted molar refractivity (Wildman–Crippen MR) is 69.9 cm³/mol. The minimum Gasteiger partial charge on any atom is -0.396 e. The molecule has 2 aromatic rings. The van der Waals surface area contributed by atoms with Gasteiger partial charge in [0.1, 0.15) is 6.07 Å². The van der Waals surface area contributed by atoms with Gasteiger partial charge in [0.05, 0.1) is 16.1 Å². The first-order valence-corrected chi connectivity index (χ1v) is 5.91. The fourth-order valence-corrected chi connectivity index (χ4v) is 2.33. The van der Waals surface area contributed by atoms with E-state index >= 15 is 0 Å². The van der Waals surface area contributed by atoms with Crippen LogP contribution in [0.3, 0.4) is 0 Å². The summed E-state index contributed by atoms with van der Waals surface area (Å²) in [4.78, 5) is 6.03. The van der Waals surface area contributed by atoms with E-state index in [1.54, 1.807) is 35.9 Å². The lowest BCUT2D eigenvalue weighted by Crippen LogP contribution is -1.98. The van der Waals surface area contributed by atoms with Gasteiger partial charge < -0.3 is 5.73 Å². The fraction of sp³-hybridized carbons (Fsp3) is 0.0769. The molecule has 3 nitrogen and oxygen atoms in total. The van der Waals surface area contributed by atoms with Crippen molar-refractivity contribution >= 4 is 22.6 Å². The first-order chi connectivity index (χ1) is 8.22. The monoisotopic (exact) mass is 241 g/mol. The Morgan fingerprint density at radius 1 is 1.29 bits per heavy atom. The number of nitriles is 1. The summed E-state index contributed by atoms with van der Waals surface area (Å²) < 4.78 is 0. The van der Waals surface area contributed by atoms with E-state index in [0.29, 0.717) is 11.3 Å². The maximum absolute atomic E-state index is 9.21. The van der Waals surface area contributed by atoms with Gasteiger partial charge in [-0.25, -0.2) is 0 Å². The molecule has 4 heteroatoms. The second kappa shape index (κ2) is 4.81. The highest BCUT2D eigenvalue weighted by Gasteiger charge is 2.09. The number of nitrogens with zero attached hydrogens (tertiary/aromatic N) is 2. The quantitative estimate of drug-likeness (QED) is 0.822. The number of pyridine rings is 1. The molecule has 0 aromatic carbocycles. The van der Waals surface area contributed by atoms with Crippen LogP contribution in [-0.2, 0) is 0 Å². The Bertz CT molecular complexity index is 591. The fourth-order valence-electron chi connectivity index (χ4n) is 1.50. The number of rotatable bonds is 2. The van der Waals surface area contributed by atoms with E-state index in [1.807, 2.05) is 19.1 Å². The smallest absolute Gasteiger partial charge is 0.102 e. The largest absolute Gasteiger partial charge is 0.396 e. The van der Waals surface area contributed by atoms with Crippen molar-refractivity contribution in [2.45, 2.75) is 6.92 Å². The number of nitrogens with two attached hydrogens (primary N) is 1. The summed E-state index contributed by atoms with van der Waals surface area (Å²) in [5, 5.41) is 9.21. The normalized spacial score (nSPS) is 11.8. The van der Waals surface area contributed by atoms with Crippen LogP contribution in [0.15, 0.2) is 36.7 Å². The Kier molecular flexibility index (Phi) is 3.22. The van der Waals surface area contributed by atoms with Gasteiger partial charge in [0.15, 0.2) is 0 Å². The molecule has 17 heavy (non-hydrogen) atoms. The van der Waals surface area contributed by atoms with E-state index in [4.69, 9.17) is 5.73 Å². The highest BCUT2D eigenvalue weighted by Crippen LogP contribution is 2.26. The molecule has 0 spiro atoms. The average Bonchev–Trinajstić information content (AvgIpc) is 2.78. The van der Waals surface area contributed by atoms with Gasteiger partial charge in [-0.3, -0.25) is 4.98 Å². The Morgan fingerprint density at radius 2 is 2.00 bits per heavy atom. The van der Waals surface area contributed by atoms with Crippen molar-refractivity contribution in [3.05, 3.63) is 52.0 Å². The van der Waals surface area contributed by atoms with E-state index in [-0.39, 0.29) is 0 Å². The topological polar surface area (TPSA) is 62.7 Å². The number of thiophene rings is 1. The number of allylic oxidation sites excluding steroid dienone is 1. The second-order valence-corrected chi connectivity index (χ2v) is 4.83. The summed E-state index contributed by atoms with van der Waals surface area (Å²) in [7, 11) is 0. The van der Waals surface area contributed by atoms with Crippen molar-refractivity contribution in [1.82, 2.24) is 4.98 Å². The van der Waals surface area contributed by atoms with Gasteiger partial charge in [-0.15, -0.1) is 11.3 Å². The summed E-state index contributed by atoms with van der Waals surface area (Å²) in [6.45, 7) is 2.01. The van der Waals surface area contributed by atoms with Gasteiger partial charge >= 0.3 is 0 Å². The zero-order valence-corrected chi connectivity index (χ0v) is 10.2. The van der Waals surface area contributed by atoms with Crippen LogP contribution in [0.4, 0.5) is 0 Å². The molecule has 2 N–H and O–H groups in total. The first kappa shape index (κ1) is 11.4. The van der Waals surface area contributed by atoms with Crippen LogP contribution < -0.4 is 5.73 Å². The molecule has 2 rings (SSSR count). The molecule has 0 aliphatic heterocycles. The molecule has 0 aliphatic rings. The molecule has 0 unspecified atom stereocenters. The number of aryl methyl sites for hydroxylation is 1. The second-order valence-electron chi connectivity index (χ2n) is 3.55. The Labute approximate surface area is 104 Å². The molecule has 0 saturated heterocycles. The van der Waals surface area contributed by atoms with Gasteiger partial charge in [-0.1, -0.05) is 0 Å². The molecule has 0 bridgehead atoms. The number of hydrogen-bond acceptors (Lipinski definition) is 4. The maximum atomic E-state index is 9.21. The standard InChI is InChI=1S/C13H11N3S/c1-9-2-3-12(17-9)13(15)11(8-14)10-4-6-16-7-5-10/h2-7H,15H2,1H3/b13-11+. The third-order valence-corrected chi connectivity index (χ3v) is 3.39. The van der Waals surface area contributed by atoms with Crippen molar-refractivity contribution < 1.29 is 0 Å². The molecule has 0 amide bonds. The van der Waals surface area contributed by atoms with E-state index < -0.39 is 0 Å². The lowest BCUT2D eigenvalue weighted by atomic mass is 10.1. The summed E-state index contributed by atoms with van der Waals surface area (Å²) >= 11 is 1.58. The van der Waals surface area contributed by atoms with E-state index in [0.717, 1.165) is 10.4 Å². The van der Waals surface area contributed by atoms with Crippen LogP contribution in [0.1, 0.15) is 15.3 Å². The molecule has 0 radical (unpaired) electrons. The molecule has 0 aliphatic carbocycles. The van der Waals surface area contributed by atoms with Crippen LogP contribution in [0.25, 0.3) is 11.3 Å². The Hall–Kier alpha value is -2.12. The minimum atomic E-state index is 0.495. The molecular weight excluding hydrogens is 230 g/mol. The SMILES string of the molecule is Cc1ccc(/C(N)=C(/C#N)c2ccncc2)s1. The summed E-state index contributed by atoms with van der Waals surface area (Å²) in [5.74, 6) is 0. The summed E-state index contributed by atoms with van der Waals surface area (Å²) in [6.07, 6.45) is 3.30. The van der Waals surface area contributed by atoms with Crippen LogP contribution in [0, 0.1) is 18.3 Å². The lowest BCUT2D eigenvalue weighted by molar-refractivity contribution is 1.32. The lowest BCUT2D eigenvalue weighted by Gasteiger charge is -2.03. The Morgan fingerprint density at radius 3 is 2.53 bits per heavy atom. The van der Waals surface area contributed by atoms with Crippen molar-refractivity contribution in [2.75, 3.05) is 0 Å². The first-order valence-electron chi connectivity index (χ1n) is 5.09. The van der Waals surface area contributed by atoms with Crippen LogP contribution in [0.2, 0.25) is 0 Å². The molecule has 2 aromatic heterocycles. The van der Waals surface area contributed by atoms with E-state index in [2.05, 4.69) is 11.1 Å². The van der Waals surface area contributed by atoms with Crippen molar-refractivity contribution in [3.63, 3.8) is 0 Å². The minimum absolute atomic E-state index is 0.495. The van der Waals surface area contributed by atoms with Gasteiger partial charge in [0, 0.05) is 17.3 Å². The Balaban J connectivity index is 2.52. The third kappa shape index (κ3) is 2.35. The maximum Gasteiger partial charge on any atom is 0.102 e. The summed E-state index contributed by atoms with van der Waals surface area (Å²) in [6, 6.07) is 9.66. The van der Waals surface area contributed by atoms with Crippen LogP contribution in [-0.4, -0.2) is 4.98 Å².